The number of Topliss-reactive ketones (excluding diaryl/α,β-unsaturated/α-hetero) is 1. The molecule has 0 amide bonds. The highest BCUT2D eigenvalue weighted by atomic mass is 19.4. The third-order valence-corrected chi connectivity index (χ3v) is 2.68. The first-order chi connectivity index (χ1) is 8.88. The molecule has 1 heterocycles. The van der Waals surface area contributed by atoms with Crippen LogP contribution in [0.2, 0.25) is 0 Å². The number of rotatable bonds is 3. The molecule has 2 aromatic rings. The second-order valence-corrected chi connectivity index (χ2v) is 4.22. The maximum Gasteiger partial charge on any atom is 0.417 e. The summed E-state index contributed by atoms with van der Waals surface area (Å²) in [6, 6.07) is 4.82. The highest BCUT2D eigenvalue weighted by molar-refractivity contribution is 5.97. The van der Waals surface area contributed by atoms with Gasteiger partial charge < -0.3 is 0 Å². The summed E-state index contributed by atoms with van der Waals surface area (Å²) in [5.74, 6) is -0.566. The van der Waals surface area contributed by atoms with Gasteiger partial charge in [-0.15, -0.1) is 0 Å². The van der Waals surface area contributed by atoms with Crippen LogP contribution in [-0.2, 0) is 19.8 Å². The van der Waals surface area contributed by atoms with Crippen molar-refractivity contribution in [2.24, 2.45) is 7.05 Å². The second kappa shape index (κ2) is 4.87. The molecular weight excluding hydrogens is 257 g/mol. The Kier molecular flexibility index (Phi) is 3.42. The zero-order valence-electron chi connectivity index (χ0n) is 10.2. The van der Waals surface area contributed by atoms with Crippen molar-refractivity contribution in [3.8, 4) is 0 Å². The first-order valence-corrected chi connectivity index (χ1v) is 5.58. The number of halogens is 3. The maximum atomic E-state index is 12.8. The summed E-state index contributed by atoms with van der Waals surface area (Å²) in [6.45, 7) is -0.117. The van der Waals surface area contributed by atoms with Gasteiger partial charge in [0.1, 0.15) is 12.4 Å². The Morgan fingerprint density at radius 2 is 2.00 bits per heavy atom. The fourth-order valence-corrected chi connectivity index (χ4v) is 1.82. The molecule has 0 N–H and O–H groups in total. The van der Waals surface area contributed by atoms with E-state index in [1.807, 2.05) is 0 Å². The molecule has 0 unspecified atom stereocenters. The van der Waals surface area contributed by atoms with Crippen molar-refractivity contribution >= 4 is 5.78 Å². The number of hydrogen-bond acceptors (Lipinski definition) is 1. The molecule has 100 valence electrons. The highest BCUT2D eigenvalue weighted by Crippen LogP contribution is 2.32. The number of nitrogens with zero attached hydrogens (tertiary/aromatic N) is 2. The number of imidazole rings is 1. The average Bonchev–Trinajstić information content (AvgIpc) is 2.73. The molecule has 1 aromatic heterocycles. The molecule has 1 aromatic carbocycles. The molecule has 19 heavy (non-hydrogen) atoms. The molecule has 0 saturated heterocycles. The molecule has 0 radical (unpaired) electrons. The van der Waals surface area contributed by atoms with Gasteiger partial charge in [0, 0.05) is 5.56 Å². The minimum Gasteiger partial charge on any atom is -0.290 e. The van der Waals surface area contributed by atoms with Crippen LogP contribution in [0.15, 0.2) is 43.0 Å². The van der Waals surface area contributed by atoms with E-state index in [0.29, 0.717) is 0 Å². The first-order valence-electron chi connectivity index (χ1n) is 5.58. The molecule has 0 atom stereocenters. The summed E-state index contributed by atoms with van der Waals surface area (Å²) >= 11 is 0. The number of carbonyl (C=O) groups excluding carboxylic acids is 1. The molecule has 0 aliphatic carbocycles. The summed E-state index contributed by atoms with van der Waals surface area (Å²) in [7, 11) is 1.77. The van der Waals surface area contributed by atoms with Gasteiger partial charge in [-0.05, 0) is 6.07 Å². The predicted molar refractivity (Wildman–Crippen MR) is 61.4 cm³/mol. The van der Waals surface area contributed by atoms with Crippen molar-refractivity contribution in [1.29, 1.82) is 0 Å². The average molecular weight is 269 g/mol. The van der Waals surface area contributed by atoms with E-state index < -0.39 is 17.5 Å². The fraction of sp³-hybridized carbons (Fsp3) is 0.231. The standard InChI is InChI=1S/C13H12F3N2O/c1-17-6-7-18(9-17)8-12(19)10-4-2-3-5-11(10)13(14,15)16/h2-7,9H,8H2,1H3/q+1. The lowest BCUT2D eigenvalue weighted by Crippen LogP contribution is -2.24. The van der Waals surface area contributed by atoms with Crippen LogP contribution in [0.5, 0.6) is 0 Å². The third kappa shape index (κ3) is 3.01. The topological polar surface area (TPSA) is 25.9 Å². The first kappa shape index (κ1) is 13.3. The molecule has 0 aliphatic rings. The van der Waals surface area contributed by atoms with Crippen molar-refractivity contribution < 1.29 is 22.5 Å². The Hall–Kier alpha value is -2.11. The van der Waals surface area contributed by atoms with E-state index in [9.17, 15) is 18.0 Å². The lowest BCUT2D eigenvalue weighted by molar-refractivity contribution is -0.671. The molecule has 6 heteroatoms. The normalized spacial score (nSPS) is 11.6. The number of alkyl halides is 3. The van der Waals surface area contributed by atoms with Gasteiger partial charge in [-0.3, -0.25) is 4.79 Å². The van der Waals surface area contributed by atoms with Gasteiger partial charge in [0.2, 0.25) is 12.1 Å². The number of aryl methyl sites for hydroxylation is 1. The van der Waals surface area contributed by atoms with Crippen molar-refractivity contribution in [3.05, 3.63) is 54.1 Å². The van der Waals surface area contributed by atoms with E-state index in [1.165, 1.54) is 22.8 Å². The number of hydrogen-bond donors (Lipinski definition) is 0. The van der Waals surface area contributed by atoms with Crippen LogP contribution in [0.3, 0.4) is 0 Å². The molecular formula is C13H12F3N2O+. The number of aromatic nitrogens is 2. The molecule has 0 fully saturated rings. The Balaban J connectivity index is 2.29. The van der Waals surface area contributed by atoms with Gasteiger partial charge in [-0.1, -0.05) is 18.2 Å². The SMILES string of the molecule is C[n+]1ccn(CC(=O)c2ccccc2C(F)(F)F)c1. The maximum absolute atomic E-state index is 12.8. The van der Waals surface area contributed by atoms with E-state index in [4.69, 9.17) is 0 Å². The van der Waals surface area contributed by atoms with Crippen LogP contribution in [0, 0.1) is 0 Å². The molecule has 0 saturated carbocycles. The van der Waals surface area contributed by atoms with Crippen LogP contribution < -0.4 is 4.57 Å². The summed E-state index contributed by atoms with van der Waals surface area (Å²) in [6.07, 6.45) is 0.457. The van der Waals surface area contributed by atoms with Crippen molar-refractivity contribution in [2.45, 2.75) is 12.7 Å². The number of benzene rings is 1. The summed E-state index contributed by atoms with van der Waals surface area (Å²) < 4.78 is 41.6. The van der Waals surface area contributed by atoms with E-state index >= 15 is 0 Å². The van der Waals surface area contributed by atoms with Gasteiger partial charge in [0.15, 0.2) is 6.54 Å². The predicted octanol–water partition coefficient (Wildman–Crippen LogP) is 2.21. The lowest BCUT2D eigenvalue weighted by atomic mass is 10.0. The minimum atomic E-state index is -4.52. The van der Waals surface area contributed by atoms with Gasteiger partial charge in [0.05, 0.1) is 12.6 Å². The molecule has 3 nitrogen and oxygen atoms in total. The van der Waals surface area contributed by atoms with Gasteiger partial charge in [-0.2, -0.15) is 13.2 Å². The van der Waals surface area contributed by atoms with Crippen LogP contribution in [0.4, 0.5) is 13.2 Å². The van der Waals surface area contributed by atoms with Gasteiger partial charge in [-0.25, -0.2) is 9.13 Å². The zero-order chi connectivity index (χ0) is 14.0. The second-order valence-electron chi connectivity index (χ2n) is 4.22. The smallest absolute Gasteiger partial charge is 0.290 e. The van der Waals surface area contributed by atoms with Crippen LogP contribution in [0.25, 0.3) is 0 Å². The molecule has 2 rings (SSSR count). The molecule has 0 spiro atoms. The lowest BCUT2D eigenvalue weighted by Gasteiger charge is -2.10. The van der Waals surface area contributed by atoms with E-state index in [1.54, 1.807) is 30.3 Å². The Labute approximate surface area is 107 Å². The van der Waals surface area contributed by atoms with Crippen molar-refractivity contribution in [3.63, 3.8) is 0 Å². The van der Waals surface area contributed by atoms with E-state index in [2.05, 4.69) is 0 Å². The summed E-state index contributed by atoms with van der Waals surface area (Å²) in [4.78, 5) is 12.0. The Morgan fingerprint density at radius 1 is 1.32 bits per heavy atom. The summed E-state index contributed by atoms with van der Waals surface area (Å²) in [5.41, 5.74) is -1.19. The summed E-state index contributed by atoms with van der Waals surface area (Å²) in [5, 5.41) is 0. The van der Waals surface area contributed by atoms with Gasteiger partial charge >= 0.3 is 6.18 Å². The van der Waals surface area contributed by atoms with Crippen molar-refractivity contribution in [2.75, 3.05) is 0 Å². The largest absolute Gasteiger partial charge is 0.417 e. The van der Waals surface area contributed by atoms with Crippen LogP contribution >= 0.6 is 0 Å². The number of carbonyl (C=O) groups is 1. The van der Waals surface area contributed by atoms with E-state index in [-0.39, 0.29) is 12.1 Å². The minimum absolute atomic E-state index is 0.117. The molecule has 0 bridgehead atoms. The Bertz CT molecular complexity index is 602. The highest BCUT2D eigenvalue weighted by Gasteiger charge is 2.35. The van der Waals surface area contributed by atoms with Crippen molar-refractivity contribution in [1.82, 2.24) is 4.57 Å². The molecule has 0 aliphatic heterocycles. The van der Waals surface area contributed by atoms with Gasteiger partial charge in [0.25, 0.3) is 0 Å². The van der Waals surface area contributed by atoms with E-state index in [0.717, 1.165) is 6.07 Å². The van der Waals surface area contributed by atoms with Crippen LogP contribution in [-0.4, -0.2) is 10.4 Å². The monoisotopic (exact) mass is 269 g/mol. The number of ketones is 1. The fourth-order valence-electron chi connectivity index (χ4n) is 1.82. The van der Waals surface area contributed by atoms with Crippen LogP contribution in [0.1, 0.15) is 15.9 Å². The Morgan fingerprint density at radius 3 is 2.58 bits per heavy atom. The zero-order valence-corrected chi connectivity index (χ0v) is 10.2. The third-order valence-electron chi connectivity index (χ3n) is 2.68. The quantitative estimate of drug-likeness (QED) is 0.619.